The van der Waals surface area contributed by atoms with Crippen LogP contribution in [0.25, 0.3) is 0 Å². The highest BCUT2D eigenvalue weighted by Crippen LogP contribution is 2.30. The van der Waals surface area contributed by atoms with Crippen LogP contribution in [0.15, 0.2) is 54.9 Å². The molecule has 2 aromatic carbocycles. The Bertz CT molecular complexity index is 964. The van der Waals surface area contributed by atoms with Gasteiger partial charge in [0.05, 0.1) is 0 Å². The fourth-order valence-electron chi connectivity index (χ4n) is 3.70. The summed E-state index contributed by atoms with van der Waals surface area (Å²) in [5, 5.41) is 3.39. The summed E-state index contributed by atoms with van der Waals surface area (Å²) in [5.74, 6) is 1.47. The van der Waals surface area contributed by atoms with Crippen molar-refractivity contribution in [2.45, 2.75) is 20.4 Å². The predicted octanol–water partition coefficient (Wildman–Crippen LogP) is 3.74. The highest BCUT2D eigenvalue weighted by molar-refractivity contribution is 5.79. The van der Waals surface area contributed by atoms with Gasteiger partial charge >= 0.3 is 0 Å². The van der Waals surface area contributed by atoms with E-state index in [1.807, 2.05) is 0 Å². The molecule has 3 aromatic rings. The van der Waals surface area contributed by atoms with Gasteiger partial charge in [-0.3, -0.25) is 4.90 Å². The highest BCUT2D eigenvalue weighted by Gasteiger charge is 2.21. The van der Waals surface area contributed by atoms with Crippen molar-refractivity contribution in [2.24, 2.45) is 0 Å². The van der Waals surface area contributed by atoms with Crippen LogP contribution < -0.4 is 16.0 Å². The quantitative estimate of drug-likeness (QED) is 0.694. The zero-order valence-electron chi connectivity index (χ0n) is 17.1. The molecule has 1 aliphatic rings. The number of nitrogens with zero attached hydrogens (tertiary/aromatic N) is 4. The van der Waals surface area contributed by atoms with E-state index in [1.165, 1.54) is 11.1 Å². The first-order valence-electron chi connectivity index (χ1n) is 10.1. The second-order valence-electron chi connectivity index (χ2n) is 7.65. The average molecular weight is 389 g/mol. The first-order chi connectivity index (χ1) is 14.1. The van der Waals surface area contributed by atoms with Crippen molar-refractivity contribution in [1.29, 1.82) is 0 Å². The number of nitrogens with two attached hydrogens (primary N) is 1. The topological polar surface area (TPSA) is 70.3 Å². The molecule has 0 spiro atoms. The van der Waals surface area contributed by atoms with E-state index in [-0.39, 0.29) is 0 Å². The van der Waals surface area contributed by atoms with Gasteiger partial charge in [0.15, 0.2) is 11.6 Å². The van der Waals surface area contributed by atoms with Crippen molar-refractivity contribution in [2.75, 3.05) is 42.1 Å². The summed E-state index contributed by atoms with van der Waals surface area (Å²) in [4.78, 5) is 13.6. The van der Waals surface area contributed by atoms with Gasteiger partial charge in [-0.25, -0.2) is 9.97 Å². The van der Waals surface area contributed by atoms with E-state index in [2.05, 4.69) is 87.5 Å². The fraction of sp³-hybridized carbons (Fsp3) is 0.304. The molecule has 0 bridgehead atoms. The van der Waals surface area contributed by atoms with Crippen molar-refractivity contribution >= 4 is 23.0 Å². The lowest BCUT2D eigenvalue weighted by Gasteiger charge is -2.36. The summed E-state index contributed by atoms with van der Waals surface area (Å²) in [6.07, 6.45) is 1.59. The zero-order valence-corrected chi connectivity index (χ0v) is 17.1. The second kappa shape index (κ2) is 8.49. The number of nitrogens with one attached hydrogen (secondary N) is 1. The molecule has 2 heterocycles. The molecule has 0 atom stereocenters. The van der Waals surface area contributed by atoms with Crippen LogP contribution in [-0.2, 0) is 6.54 Å². The molecule has 0 aliphatic carbocycles. The van der Waals surface area contributed by atoms with Crippen LogP contribution in [0.4, 0.5) is 23.0 Å². The third-order valence-electron chi connectivity index (χ3n) is 5.43. The summed E-state index contributed by atoms with van der Waals surface area (Å²) in [5.41, 5.74) is 11.8. The van der Waals surface area contributed by atoms with Crippen molar-refractivity contribution in [3.05, 3.63) is 71.5 Å². The summed E-state index contributed by atoms with van der Waals surface area (Å²) >= 11 is 0. The van der Waals surface area contributed by atoms with Crippen LogP contribution in [0.3, 0.4) is 0 Å². The Kier molecular flexibility index (Phi) is 5.62. The van der Waals surface area contributed by atoms with Gasteiger partial charge in [0.1, 0.15) is 12.0 Å². The molecule has 6 heteroatoms. The van der Waals surface area contributed by atoms with Crippen LogP contribution in [0.2, 0.25) is 0 Å². The Morgan fingerprint density at radius 2 is 1.72 bits per heavy atom. The number of aryl methyl sites for hydroxylation is 2. The molecule has 29 heavy (non-hydrogen) atoms. The number of anilines is 4. The standard InChI is InChI=1S/C23H28N6/c1-17-8-9-18(2)20(14-17)27-22-21(24)23(26-16-25-22)29-12-10-28(11-13-29)15-19-6-4-3-5-7-19/h3-9,14,16H,10-13,15,24H2,1-2H3,(H,25,26,27). The van der Waals surface area contributed by atoms with Crippen LogP contribution in [0, 0.1) is 13.8 Å². The van der Waals surface area contributed by atoms with E-state index in [1.54, 1.807) is 6.33 Å². The third kappa shape index (κ3) is 4.49. The van der Waals surface area contributed by atoms with Crippen LogP contribution in [-0.4, -0.2) is 41.0 Å². The fourth-order valence-corrected chi connectivity index (χ4v) is 3.70. The molecule has 0 amide bonds. The molecule has 0 unspecified atom stereocenters. The number of benzene rings is 2. The van der Waals surface area contributed by atoms with Crippen LogP contribution in [0.5, 0.6) is 0 Å². The van der Waals surface area contributed by atoms with E-state index in [4.69, 9.17) is 5.73 Å². The van der Waals surface area contributed by atoms with Gasteiger partial charge in [-0.2, -0.15) is 0 Å². The van der Waals surface area contributed by atoms with Gasteiger partial charge in [-0.05, 0) is 36.6 Å². The summed E-state index contributed by atoms with van der Waals surface area (Å²) in [6.45, 7) is 8.90. The first-order valence-corrected chi connectivity index (χ1v) is 10.1. The molecular weight excluding hydrogens is 360 g/mol. The van der Waals surface area contributed by atoms with Crippen molar-refractivity contribution in [3.63, 3.8) is 0 Å². The van der Waals surface area contributed by atoms with Gasteiger partial charge in [-0.15, -0.1) is 0 Å². The molecule has 1 fully saturated rings. The molecule has 6 nitrogen and oxygen atoms in total. The zero-order chi connectivity index (χ0) is 20.2. The van der Waals surface area contributed by atoms with Gasteiger partial charge in [0.2, 0.25) is 0 Å². The molecule has 3 N–H and O–H groups in total. The molecule has 1 aliphatic heterocycles. The Labute approximate surface area is 172 Å². The summed E-state index contributed by atoms with van der Waals surface area (Å²) in [7, 11) is 0. The molecule has 0 radical (unpaired) electrons. The average Bonchev–Trinajstić information content (AvgIpc) is 2.74. The largest absolute Gasteiger partial charge is 0.393 e. The van der Waals surface area contributed by atoms with E-state index in [0.29, 0.717) is 11.5 Å². The van der Waals surface area contributed by atoms with E-state index >= 15 is 0 Å². The van der Waals surface area contributed by atoms with Gasteiger partial charge < -0.3 is 16.0 Å². The Balaban J connectivity index is 1.44. The molecule has 4 rings (SSSR count). The molecule has 1 saturated heterocycles. The lowest BCUT2D eigenvalue weighted by molar-refractivity contribution is 0.249. The number of hydrogen-bond acceptors (Lipinski definition) is 6. The lowest BCUT2D eigenvalue weighted by Crippen LogP contribution is -2.46. The molecule has 0 saturated carbocycles. The minimum Gasteiger partial charge on any atom is -0.393 e. The number of aromatic nitrogens is 2. The van der Waals surface area contributed by atoms with Crippen molar-refractivity contribution in [1.82, 2.24) is 14.9 Å². The highest BCUT2D eigenvalue weighted by atomic mass is 15.3. The first kappa shape index (κ1) is 19.2. The minimum atomic E-state index is 0.602. The van der Waals surface area contributed by atoms with Gasteiger partial charge in [0.25, 0.3) is 0 Å². The number of hydrogen-bond donors (Lipinski definition) is 2. The molecular formula is C23H28N6. The number of nitrogen functional groups attached to an aromatic ring is 1. The Morgan fingerprint density at radius 3 is 2.48 bits per heavy atom. The molecule has 1 aromatic heterocycles. The normalized spacial score (nSPS) is 14.8. The smallest absolute Gasteiger partial charge is 0.159 e. The number of rotatable bonds is 5. The summed E-state index contributed by atoms with van der Waals surface area (Å²) < 4.78 is 0. The maximum atomic E-state index is 6.47. The van der Waals surface area contributed by atoms with Gasteiger partial charge in [-0.1, -0.05) is 42.5 Å². The Morgan fingerprint density at radius 1 is 0.966 bits per heavy atom. The van der Waals surface area contributed by atoms with E-state index in [9.17, 15) is 0 Å². The van der Waals surface area contributed by atoms with Crippen LogP contribution >= 0.6 is 0 Å². The van der Waals surface area contributed by atoms with Crippen molar-refractivity contribution in [3.8, 4) is 0 Å². The Hall–Kier alpha value is -3.12. The van der Waals surface area contributed by atoms with E-state index < -0.39 is 0 Å². The predicted molar refractivity (Wildman–Crippen MR) is 120 cm³/mol. The van der Waals surface area contributed by atoms with Crippen LogP contribution in [0.1, 0.15) is 16.7 Å². The maximum absolute atomic E-state index is 6.47. The monoisotopic (exact) mass is 388 g/mol. The third-order valence-corrected chi connectivity index (χ3v) is 5.43. The maximum Gasteiger partial charge on any atom is 0.159 e. The van der Waals surface area contributed by atoms with Gasteiger partial charge in [0, 0.05) is 38.4 Å². The van der Waals surface area contributed by atoms with E-state index in [0.717, 1.165) is 49.8 Å². The number of piperazine rings is 1. The molecule has 150 valence electrons. The van der Waals surface area contributed by atoms with Crippen molar-refractivity contribution < 1.29 is 0 Å². The minimum absolute atomic E-state index is 0.602. The SMILES string of the molecule is Cc1ccc(C)c(Nc2ncnc(N3CCN(Cc4ccccc4)CC3)c2N)c1. The lowest BCUT2D eigenvalue weighted by atomic mass is 10.1. The summed E-state index contributed by atoms with van der Waals surface area (Å²) in [6, 6.07) is 16.9. The second-order valence-corrected chi connectivity index (χ2v) is 7.65.